The minimum atomic E-state index is -1.09. The summed E-state index contributed by atoms with van der Waals surface area (Å²) < 4.78 is 0. The molecule has 1 aromatic rings. The molecular weight excluding hydrogens is 254 g/mol. The third-order valence-electron chi connectivity index (χ3n) is 3.27. The Kier molecular flexibility index (Phi) is 5.31. The third kappa shape index (κ3) is 4.37. The smallest absolute Gasteiger partial charge is 0.316 e. The van der Waals surface area contributed by atoms with Crippen LogP contribution in [0.5, 0.6) is 0 Å². The molecule has 20 heavy (non-hydrogen) atoms. The number of hydrogen-bond donors (Lipinski definition) is 2. The molecule has 110 valence electrons. The molecule has 0 spiro atoms. The predicted molar refractivity (Wildman–Crippen MR) is 78.2 cm³/mol. The van der Waals surface area contributed by atoms with E-state index in [1.54, 1.807) is 20.8 Å². The van der Waals surface area contributed by atoms with Gasteiger partial charge in [0.25, 0.3) is 0 Å². The van der Waals surface area contributed by atoms with Crippen molar-refractivity contribution in [3.63, 3.8) is 0 Å². The summed E-state index contributed by atoms with van der Waals surface area (Å²) >= 11 is 0. The van der Waals surface area contributed by atoms with Gasteiger partial charge in [-0.3, -0.25) is 9.59 Å². The number of carboxylic acids is 1. The quantitative estimate of drug-likeness (QED) is 0.813. The van der Waals surface area contributed by atoms with Crippen molar-refractivity contribution in [1.29, 1.82) is 0 Å². The molecule has 1 aromatic carbocycles. The van der Waals surface area contributed by atoms with Crippen LogP contribution in [0, 0.1) is 11.3 Å². The topological polar surface area (TPSA) is 66.4 Å². The summed E-state index contributed by atoms with van der Waals surface area (Å²) in [4.78, 5) is 23.3. The number of carboxylic acid groups (broad SMARTS) is 1. The largest absolute Gasteiger partial charge is 0.481 e. The number of nitrogens with one attached hydrogen (secondary N) is 1. The normalized spacial score (nSPS) is 12.8. The molecule has 0 aliphatic heterocycles. The van der Waals surface area contributed by atoms with Crippen LogP contribution in [0.15, 0.2) is 24.3 Å². The number of carbonyl (C=O) groups is 2. The van der Waals surface area contributed by atoms with Crippen molar-refractivity contribution in [2.45, 2.75) is 40.7 Å². The van der Waals surface area contributed by atoms with Gasteiger partial charge in [0, 0.05) is 6.54 Å². The molecule has 0 aliphatic rings. The van der Waals surface area contributed by atoms with Crippen molar-refractivity contribution in [2.24, 2.45) is 11.3 Å². The summed E-state index contributed by atoms with van der Waals surface area (Å²) in [5.74, 6) is -2.57. The first-order chi connectivity index (χ1) is 9.25. The lowest BCUT2D eigenvalue weighted by Gasteiger charge is -2.25. The summed E-state index contributed by atoms with van der Waals surface area (Å²) in [6.07, 6.45) is 0.970. The van der Waals surface area contributed by atoms with Gasteiger partial charge in [-0.2, -0.15) is 0 Å². The van der Waals surface area contributed by atoms with Gasteiger partial charge < -0.3 is 10.4 Å². The highest BCUT2D eigenvalue weighted by Crippen LogP contribution is 2.26. The van der Waals surface area contributed by atoms with E-state index in [4.69, 9.17) is 0 Å². The number of amides is 1. The first-order valence-corrected chi connectivity index (χ1v) is 6.84. The molecule has 0 fully saturated rings. The van der Waals surface area contributed by atoms with Gasteiger partial charge in [-0.15, -0.1) is 0 Å². The molecule has 1 rings (SSSR count). The Morgan fingerprint density at radius 3 is 2.05 bits per heavy atom. The SMILES string of the molecule is CCc1ccc(CNC(=O)C(C(=O)O)C(C)(C)C)cc1. The van der Waals surface area contributed by atoms with Gasteiger partial charge in [0.1, 0.15) is 5.92 Å². The second-order valence-corrected chi connectivity index (χ2v) is 6.03. The lowest BCUT2D eigenvalue weighted by atomic mass is 9.80. The van der Waals surface area contributed by atoms with Crippen LogP contribution in [-0.2, 0) is 22.6 Å². The van der Waals surface area contributed by atoms with Gasteiger partial charge in [-0.05, 0) is 23.0 Å². The fraction of sp³-hybridized carbons (Fsp3) is 0.500. The van der Waals surface area contributed by atoms with Gasteiger partial charge in [-0.1, -0.05) is 52.0 Å². The lowest BCUT2D eigenvalue weighted by Crippen LogP contribution is -2.42. The molecule has 1 atom stereocenters. The Morgan fingerprint density at radius 2 is 1.65 bits per heavy atom. The van der Waals surface area contributed by atoms with Crippen molar-refractivity contribution in [2.75, 3.05) is 0 Å². The maximum atomic E-state index is 12.0. The molecule has 4 heteroatoms. The monoisotopic (exact) mass is 277 g/mol. The summed E-state index contributed by atoms with van der Waals surface area (Å²) in [7, 11) is 0. The van der Waals surface area contributed by atoms with E-state index in [2.05, 4.69) is 12.2 Å². The highest BCUT2D eigenvalue weighted by atomic mass is 16.4. The van der Waals surface area contributed by atoms with Crippen LogP contribution in [0.1, 0.15) is 38.8 Å². The molecule has 2 N–H and O–H groups in total. The number of rotatable bonds is 5. The van der Waals surface area contributed by atoms with Gasteiger partial charge in [0.15, 0.2) is 0 Å². The number of benzene rings is 1. The predicted octanol–water partition coefficient (Wildman–Crippen LogP) is 2.61. The first kappa shape index (κ1) is 16.2. The summed E-state index contributed by atoms with van der Waals surface area (Å²) in [6, 6.07) is 7.93. The van der Waals surface area contributed by atoms with E-state index in [1.165, 1.54) is 5.56 Å². The van der Waals surface area contributed by atoms with Crippen LogP contribution in [0.2, 0.25) is 0 Å². The Morgan fingerprint density at radius 1 is 1.15 bits per heavy atom. The maximum Gasteiger partial charge on any atom is 0.316 e. The number of aryl methyl sites for hydroxylation is 1. The number of aliphatic carboxylic acids is 1. The van der Waals surface area contributed by atoms with Gasteiger partial charge in [-0.25, -0.2) is 0 Å². The second kappa shape index (κ2) is 6.55. The Bertz CT molecular complexity index is 471. The zero-order chi connectivity index (χ0) is 15.3. The molecule has 0 saturated heterocycles. The van der Waals surface area contributed by atoms with Crippen LogP contribution < -0.4 is 5.32 Å². The Labute approximate surface area is 120 Å². The van der Waals surface area contributed by atoms with Crippen molar-refractivity contribution in [1.82, 2.24) is 5.32 Å². The fourth-order valence-corrected chi connectivity index (χ4v) is 2.06. The fourth-order valence-electron chi connectivity index (χ4n) is 2.06. The average Bonchev–Trinajstić information content (AvgIpc) is 2.34. The van der Waals surface area contributed by atoms with Crippen molar-refractivity contribution < 1.29 is 14.7 Å². The van der Waals surface area contributed by atoms with Crippen LogP contribution >= 0.6 is 0 Å². The molecule has 0 heterocycles. The minimum Gasteiger partial charge on any atom is -0.481 e. The van der Waals surface area contributed by atoms with Gasteiger partial charge in [0.2, 0.25) is 5.91 Å². The van der Waals surface area contributed by atoms with Crippen LogP contribution in [0.3, 0.4) is 0 Å². The zero-order valence-electron chi connectivity index (χ0n) is 12.6. The molecule has 0 saturated carbocycles. The molecule has 1 amide bonds. The standard InChI is InChI=1S/C16H23NO3/c1-5-11-6-8-12(9-7-11)10-17-14(18)13(15(19)20)16(2,3)4/h6-9,13H,5,10H2,1-4H3,(H,17,18)(H,19,20). The third-order valence-corrected chi connectivity index (χ3v) is 3.27. The van der Waals surface area contributed by atoms with E-state index in [0.29, 0.717) is 6.54 Å². The molecule has 0 bridgehead atoms. The van der Waals surface area contributed by atoms with Crippen LogP contribution in [0.25, 0.3) is 0 Å². The van der Waals surface area contributed by atoms with E-state index in [-0.39, 0.29) is 0 Å². The number of carbonyl (C=O) groups excluding carboxylic acids is 1. The molecule has 0 aromatic heterocycles. The molecule has 1 unspecified atom stereocenters. The Hall–Kier alpha value is -1.84. The molecule has 4 nitrogen and oxygen atoms in total. The molecule has 0 radical (unpaired) electrons. The van der Waals surface area contributed by atoms with E-state index < -0.39 is 23.2 Å². The van der Waals surface area contributed by atoms with Crippen LogP contribution in [-0.4, -0.2) is 17.0 Å². The highest BCUT2D eigenvalue weighted by molar-refractivity contribution is 5.97. The maximum absolute atomic E-state index is 12.0. The van der Waals surface area contributed by atoms with E-state index in [0.717, 1.165) is 12.0 Å². The lowest BCUT2D eigenvalue weighted by molar-refractivity contribution is -0.151. The van der Waals surface area contributed by atoms with Crippen molar-refractivity contribution in [3.05, 3.63) is 35.4 Å². The van der Waals surface area contributed by atoms with Gasteiger partial charge in [0.05, 0.1) is 0 Å². The number of hydrogen-bond acceptors (Lipinski definition) is 2. The van der Waals surface area contributed by atoms with E-state index in [9.17, 15) is 14.7 Å². The molecule has 0 aliphatic carbocycles. The zero-order valence-corrected chi connectivity index (χ0v) is 12.6. The van der Waals surface area contributed by atoms with E-state index >= 15 is 0 Å². The summed E-state index contributed by atoms with van der Waals surface area (Å²) in [5.41, 5.74) is 1.59. The first-order valence-electron chi connectivity index (χ1n) is 6.84. The van der Waals surface area contributed by atoms with Crippen molar-refractivity contribution >= 4 is 11.9 Å². The highest BCUT2D eigenvalue weighted by Gasteiger charge is 2.37. The summed E-state index contributed by atoms with van der Waals surface area (Å²) in [5, 5.41) is 11.9. The second-order valence-electron chi connectivity index (χ2n) is 6.03. The van der Waals surface area contributed by atoms with Gasteiger partial charge >= 0.3 is 5.97 Å². The van der Waals surface area contributed by atoms with E-state index in [1.807, 2.05) is 24.3 Å². The van der Waals surface area contributed by atoms with Crippen LogP contribution in [0.4, 0.5) is 0 Å². The van der Waals surface area contributed by atoms with Crippen molar-refractivity contribution in [3.8, 4) is 0 Å². The molecular formula is C16H23NO3. The Balaban J connectivity index is 2.67. The summed E-state index contributed by atoms with van der Waals surface area (Å²) in [6.45, 7) is 7.69. The average molecular weight is 277 g/mol. The minimum absolute atomic E-state index is 0.350.